The van der Waals surface area contributed by atoms with Gasteiger partial charge in [-0.2, -0.15) is 0 Å². The smallest absolute Gasteiger partial charge is 0.245 e. The van der Waals surface area contributed by atoms with Gasteiger partial charge in [0.15, 0.2) is 0 Å². The average Bonchev–Trinajstić information content (AvgIpc) is 2.24. The molecule has 0 saturated carbocycles. The average molecular weight is 340 g/mol. The lowest BCUT2D eigenvalue weighted by atomic mass is 10.3. The minimum absolute atomic E-state index is 0.134. The van der Waals surface area contributed by atoms with Crippen molar-refractivity contribution in [1.29, 1.82) is 0 Å². The summed E-state index contributed by atoms with van der Waals surface area (Å²) in [5, 5.41) is 9.13. The Morgan fingerprint density at radius 3 is 2.61 bits per heavy atom. The second kappa shape index (κ2) is 6.10. The highest BCUT2D eigenvalue weighted by atomic mass is 79.9. The highest BCUT2D eigenvalue weighted by Crippen LogP contribution is 2.22. The Bertz CT molecular complexity index is 519. The molecule has 7 heteroatoms. The van der Waals surface area contributed by atoms with Crippen LogP contribution in [0.3, 0.4) is 0 Å². The van der Waals surface area contributed by atoms with E-state index in [-0.39, 0.29) is 11.4 Å². The number of aliphatic hydroxyl groups is 1. The van der Waals surface area contributed by atoms with Gasteiger partial charge in [0.1, 0.15) is 10.7 Å². The molecule has 1 atom stereocenters. The molecule has 0 radical (unpaired) electrons. The lowest BCUT2D eigenvalue weighted by Gasteiger charge is -2.18. The Labute approximate surface area is 115 Å². The van der Waals surface area contributed by atoms with Gasteiger partial charge in [0, 0.05) is 18.1 Å². The summed E-state index contributed by atoms with van der Waals surface area (Å²) in [6.07, 6.45) is -0.300. The Balaban J connectivity index is 2.98. The van der Waals surface area contributed by atoms with Crippen LogP contribution in [0.5, 0.6) is 0 Å². The molecule has 4 nitrogen and oxygen atoms in total. The van der Waals surface area contributed by atoms with Crippen LogP contribution in [0.2, 0.25) is 0 Å². The van der Waals surface area contributed by atoms with Crippen molar-refractivity contribution in [2.24, 2.45) is 0 Å². The lowest BCUT2D eigenvalue weighted by molar-refractivity contribution is 0.177. The molecule has 0 spiro atoms. The third-order valence-corrected chi connectivity index (χ3v) is 4.83. The van der Waals surface area contributed by atoms with Crippen LogP contribution in [0.15, 0.2) is 27.6 Å². The fraction of sp³-hybridized carbons (Fsp3) is 0.455. The van der Waals surface area contributed by atoms with Crippen molar-refractivity contribution in [2.45, 2.75) is 24.3 Å². The van der Waals surface area contributed by atoms with E-state index in [1.165, 1.54) is 19.2 Å². The molecule has 102 valence electrons. The molecule has 0 saturated heterocycles. The van der Waals surface area contributed by atoms with Crippen LogP contribution in [-0.2, 0) is 10.0 Å². The van der Waals surface area contributed by atoms with Gasteiger partial charge in [-0.05, 0) is 31.5 Å². The number of hydrogen-bond donors (Lipinski definition) is 1. The maximum atomic E-state index is 13.6. The molecular formula is C11H15BrFNO3S. The van der Waals surface area contributed by atoms with Crippen molar-refractivity contribution < 1.29 is 17.9 Å². The predicted octanol–water partition coefficient (Wildman–Crippen LogP) is 1.98. The van der Waals surface area contributed by atoms with Gasteiger partial charge in [0.05, 0.1) is 6.10 Å². The monoisotopic (exact) mass is 339 g/mol. The van der Waals surface area contributed by atoms with E-state index in [1.807, 2.05) is 0 Å². The zero-order valence-corrected chi connectivity index (χ0v) is 12.5. The molecule has 0 amide bonds. The van der Waals surface area contributed by atoms with Gasteiger partial charge in [-0.25, -0.2) is 17.1 Å². The first kappa shape index (κ1) is 15.6. The quantitative estimate of drug-likeness (QED) is 0.892. The fourth-order valence-corrected chi connectivity index (χ4v) is 2.90. The van der Waals surface area contributed by atoms with Crippen LogP contribution >= 0.6 is 15.9 Å². The van der Waals surface area contributed by atoms with E-state index in [0.717, 1.165) is 10.4 Å². The normalized spacial score (nSPS) is 13.9. The maximum Gasteiger partial charge on any atom is 0.245 e. The molecule has 0 fully saturated rings. The zero-order valence-electron chi connectivity index (χ0n) is 10.1. The Morgan fingerprint density at radius 2 is 2.11 bits per heavy atom. The van der Waals surface area contributed by atoms with E-state index in [4.69, 9.17) is 5.11 Å². The van der Waals surface area contributed by atoms with E-state index in [2.05, 4.69) is 15.9 Å². The minimum Gasteiger partial charge on any atom is -0.393 e. The van der Waals surface area contributed by atoms with Crippen LogP contribution in [0.4, 0.5) is 4.39 Å². The van der Waals surface area contributed by atoms with E-state index < -0.39 is 21.9 Å². The summed E-state index contributed by atoms with van der Waals surface area (Å²) in [7, 11) is -2.50. The maximum absolute atomic E-state index is 13.6. The first-order valence-electron chi connectivity index (χ1n) is 5.34. The predicted molar refractivity (Wildman–Crippen MR) is 70.2 cm³/mol. The van der Waals surface area contributed by atoms with E-state index in [9.17, 15) is 12.8 Å². The fourth-order valence-electron chi connectivity index (χ4n) is 1.34. The van der Waals surface area contributed by atoms with Crippen LogP contribution in [0.25, 0.3) is 0 Å². The molecule has 0 heterocycles. The summed E-state index contributed by atoms with van der Waals surface area (Å²) in [6, 6.07) is 3.79. The SMILES string of the molecule is CC(O)CCN(C)S(=O)(=O)c1ccc(Br)cc1F. The first-order valence-corrected chi connectivity index (χ1v) is 7.58. The van der Waals surface area contributed by atoms with E-state index >= 15 is 0 Å². The second-order valence-corrected chi connectivity index (χ2v) is 6.97. The number of hydrogen-bond acceptors (Lipinski definition) is 3. The Hall–Kier alpha value is -0.500. The number of sulfonamides is 1. The highest BCUT2D eigenvalue weighted by Gasteiger charge is 2.24. The van der Waals surface area contributed by atoms with Gasteiger partial charge < -0.3 is 5.11 Å². The Kier molecular flexibility index (Phi) is 5.27. The van der Waals surface area contributed by atoms with Crippen LogP contribution < -0.4 is 0 Å². The second-order valence-electron chi connectivity index (χ2n) is 4.04. The van der Waals surface area contributed by atoms with Crippen molar-refractivity contribution in [3.05, 3.63) is 28.5 Å². The summed E-state index contributed by atoms with van der Waals surface area (Å²) >= 11 is 3.07. The molecule has 1 N–H and O–H groups in total. The topological polar surface area (TPSA) is 57.6 Å². The molecule has 0 aromatic heterocycles. The third-order valence-electron chi connectivity index (χ3n) is 2.44. The van der Waals surface area contributed by atoms with Gasteiger partial charge in [-0.3, -0.25) is 0 Å². The third kappa shape index (κ3) is 3.74. The number of halogens is 2. The number of nitrogens with zero attached hydrogens (tertiary/aromatic N) is 1. The Morgan fingerprint density at radius 1 is 1.50 bits per heavy atom. The van der Waals surface area contributed by atoms with Crippen molar-refractivity contribution >= 4 is 26.0 Å². The number of rotatable bonds is 5. The molecule has 1 aromatic rings. The minimum atomic E-state index is -3.86. The molecule has 0 bridgehead atoms. The zero-order chi connectivity index (χ0) is 13.9. The largest absolute Gasteiger partial charge is 0.393 e. The molecule has 1 unspecified atom stereocenters. The number of benzene rings is 1. The molecule has 0 aliphatic rings. The summed E-state index contributed by atoms with van der Waals surface area (Å²) in [5.74, 6) is -0.798. The van der Waals surface area contributed by atoms with Gasteiger partial charge in [0.25, 0.3) is 0 Å². The first-order chi connectivity index (χ1) is 8.25. The number of aliphatic hydroxyl groups excluding tert-OH is 1. The molecule has 0 aliphatic carbocycles. The summed E-state index contributed by atoms with van der Waals surface area (Å²) in [6.45, 7) is 1.70. The van der Waals surface area contributed by atoms with Crippen molar-refractivity contribution in [2.75, 3.05) is 13.6 Å². The molecule has 1 rings (SSSR count). The molecule has 18 heavy (non-hydrogen) atoms. The van der Waals surface area contributed by atoms with Gasteiger partial charge in [0.2, 0.25) is 10.0 Å². The summed E-state index contributed by atoms with van der Waals surface area (Å²) in [4.78, 5) is -0.362. The van der Waals surface area contributed by atoms with Crippen molar-refractivity contribution in [1.82, 2.24) is 4.31 Å². The lowest BCUT2D eigenvalue weighted by Crippen LogP contribution is -2.30. The standard InChI is InChI=1S/C11H15BrFNO3S/c1-8(15)5-6-14(2)18(16,17)11-4-3-9(12)7-10(11)13/h3-4,7-8,15H,5-6H2,1-2H3. The van der Waals surface area contributed by atoms with Crippen LogP contribution in [0, 0.1) is 5.82 Å². The van der Waals surface area contributed by atoms with Crippen LogP contribution in [-0.4, -0.2) is 37.5 Å². The van der Waals surface area contributed by atoms with Gasteiger partial charge in [-0.15, -0.1) is 0 Å². The van der Waals surface area contributed by atoms with Crippen LogP contribution in [0.1, 0.15) is 13.3 Å². The summed E-state index contributed by atoms with van der Waals surface area (Å²) < 4.78 is 39.3. The summed E-state index contributed by atoms with van der Waals surface area (Å²) in [5.41, 5.74) is 0. The molecular weight excluding hydrogens is 325 g/mol. The molecule has 1 aromatic carbocycles. The van der Waals surface area contributed by atoms with Gasteiger partial charge >= 0.3 is 0 Å². The van der Waals surface area contributed by atoms with E-state index in [1.54, 1.807) is 6.92 Å². The molecule has 0 aliphatic heterocycles. The highest BCUT2D eigenvalue weighted by molar-refractivity contribution is 9.10. The van der Waals surface area contributed by atoms with E-state index in [0.29, 0.717) is 10.9 Å². The van der Waals surface area contributed by atoms with Crippen molar-refractivity contribution in [3.8, 4) is 0 Å². The van der Waals surface area contributed by atoms with Gasteiger partial charge in [-0.1, -0.05) is 15.9 Å². The van der Waals surface area contributed by atoms with Crippen molar-refractivity contribution in [3.63, 3.8) is 0 Å².